The molecule has 0 unspecified atom stereocenters. The van der Waals surface area contributed by atoms with Gasteiger partial charge in [-0.3, -0.25) is 0 Å². The Labute approximate surface area is 132 Å². The molecule has 0 amide bonds. The third-order valence-corrected chi connectivity index (χ3v) is 3.19. The largest absolute Gasteiger partial charge is 0.436 e. The number of aryl methyl sites for hydroxylation is 1. The predicted molar refractivity (Wildman–Crippen MR) is 87.6 cm³/mol. The van der Waals surface area contributed by atoms with Crippen molar-refractivity contribution in [2.24, 2.45) is 5.16 Å². The number of pyridine rings is 1. The monoisotopic (exact) mass is 309 g/mol. The van der Waals surface area contributed by atoms with Gasteiger partial charge in [0.05, 0.1) is 6.21 Å². The quantitative estimate of drug-likeness (QED) is 0.588. The summed E-state index contributed by atoms with van der Waals surface area (Å²) < 4.78 is 5.92. The van der Waals surface area contributed by atoms with Crippen LogP contribution in [0, 0.1) is 6.92 Å². The molecule has 0 aliphatic carbocycles. The van der Waals surface area contributed by atoms with Gasteiger partial charge in [-0.25, -0.2) is 15.0 Å². The Kier molecular flexibility index (Phi) is 4.01. The minimum absolute atomic E-state index is 0.250. The summed E-state index contributed by atoms with van der Waals surface area (Å²) in [6, 6.07) is 9.63. The molecule has 116 valence electrons. The molecule has 0 bridgehead atoms. The molecule has 7 heteroatoms. The maximum atomic E-state index is 5.92. The van der Waals surface area contributed by atoms with Crippen LogP contribution in [0.3, 0.4) is 0 Å². The van der Waals surface area contributed by atoms with Crippen molar-refractivity contribution in [2.75, 3.05) is 12.8 Å². The van der Waals surface area contributed by atoms with Crippen molar-refractivity contribution in [2.45, 2.75) is 6.92 Å². The van der Waals surface area contributed by atoms with E-state index in [1.54, 1.807) is 0 Å². The van der Waals surface area contributed by atoms with Gasteiger partial charge in [0.25, 0.3) is 0 Å². The molecule has 3 rings (SSSR count). The van der Waals surface area contributed by atoms with E-state index in [9.17, 15) is 0 Å². The SMILES string of the molecule is CON=Cc1c(N)ncnc1Oc1cccc2ccc(C)nc12. The molecular formula is C16H15N5O2. The molecule has 23 heavy (non-hydrogen) atoms. The van der Waals surface area contributed by atoms with Crippen molar-refractivity contribution < 1.29 is 9.57 Å². The summed E-state index contributed by atoms with van der Waals surface area (Å²) in [7, 11) is 1.44. The number of nitrogens with two attached hydrogens (primary N) is 1. The minimum Gasteiger partial charge on any atom is -0.436 e. The zero-order valence-corrected chi connectivity index (χ0v) is 12.7. The topological polar surface area (TPSA) is 95.5 Å². The van der Waals surface area contributed by atoms with Gasteiger partial charge in [-0.15, -0.1) is 0 Å². The lowest BCUT2D eigenvalue weighted by molar-refractivity contribution is 0.215. The third kappa shape index (κ3) is 3.03. The van der Waals surface area contributed by atoms with E-state index >= 15 is 0 Å². The van der Waals surface area contributed by atoms with Crippen molar-refractivity contribution >= 4 is 22.9 Å². The van der Waals surface area contributed by atoms with Crippen LogP contribution >= 0.6 is 0 Å². The van der Waals surface area contributed by atoms with Crippen LogP contribution in [-0.4, -0.2) is 28.3 Å². The molecule has 7 nitrogen and oxygen atoms in total. The number of hydrogen-bond donors (Lipinski definition) is 1. The second-order valence-corrected chi connectivity index (χ2v) is 4.78. The van der Waals surface area contributed by atoms with Gasteiger partial charge in [0.15, 0.2) is 5.75 Å². The van der Waals surface area contributed by atoms with E-state index in [4.69, 9.17) is 10.5 Å². The Hall–Kier alpha value is -3.22. The summed E-state index contributed by atoms with van der Waals surface area (Å²) in [4.78, 5) is 17.3. The highest BCUT2D eigenvalue weighted by Gasteiger charge is 2.12. The Morgan fingerprint density at radius 2 is 2.04 bits per heavy atom. The van der Waals surface area contributed by atoms with Gasteiger partial charge in [-0.2, -0.15) is 0 Å². The number of anilines is 1. The van der Waals surface area contributed by atoms with Gasteiger partial charge in [0, 0.05) is 11.1 Å². The first kappa shape index (κ1) is 14.7. The second kappa shape index (κ2) is 6.27. The molecule has 0 aliphatic heterocycles. The summed E-state index contributed by atoms with van der Waals surface area (Å²) >= 11 is 0. The van der Waals surface area contributed by atoms with Crippen molar-refractivity contribution in [3.8, 4) is 11.6 Å². The number of benzene rings is 1. The molecule has 1 aromatic carbocycles. The molecule has 3 aromatic rings. The van der Waals surface area contributed by atoms with Crippen LogP contribution in [-0.2, 0) is 4.84 Å². The van der Waals surface area contributed by atoms with Crippen molar-refractivity contribution in [1.82, 2.24) is 15.0 Å². The number of aromatic nitrogens is 3. The fourth-order valence-electron chi connectivity index (χ4n) is 2.10. The maximum absolute atomic E-state index is 5.92. The molecule has 0 fully saturated rings. The number of nitrogen functional groups attached to an aromatic ring is 1. The zero-order valence-electron chi connectivity index (χ0n) is 12.7. The van der Waals surface area contributed by atoms with Crippen LogP contribution in [0.2, 0.25) is 0 Å². The maximum Gasteiger partial charge on any atom is 0.233 e. The Morgan fingerprint density at radius 3 is 2.87 bits per heavy atom. The number of para-hydroxylation sites is 1. The molecule has 0 aliphatic rings. The average molecular weight is 309 g/mol. The highest BCUT2D eigenvalue weighted by atomic mass is 16.6. The first-order valence-corrected chi connectivity index (χ1v) is 6.90. The number of fused-ring (bicyclic) bond motifs is 1. The lowest BCUT2D eigenvalue weighted by Gasteiger charge is -2.10. The van der Waals surface area contributed by atoms with Crippen LogP contribution in [0.15, 0.2) is 41.8 Å². The summed E-state index contributed by atoms with van der Waals surface area (Å²) in [5.74, 6) is 1.12. The van der Waals surface area contributed by atoms with Crippen LogP contribution in [0.4, 0.5) is 5.82 Å². The lowest BCUT2D eigenvalue weighted by atomic mass is 10.2. The fraction of sp³-hybridized carbons (Fsp3) is 0.125. The molecular weight excluding hydrogens is 294 g/mol. The van der Waals surface area contributed by atoms with Crippen molar-refractivity contribution in [1.29, 1.82) is 0 Å². The lowest BCUT2D eigenvalue weighted by Crippen LogP contribution is -2.02. The highest BCUT2D eigenvalue weighted by Crippen LogP contribution is 2.30. The Morgan fingerprint density at radius 1 is 1.17 bits per heavy atom. The summed E-state index contributed by atoms with van der Waals surface area (Å²) in [5, 5.41) is 4.68. The molecule has 2 aromatic heterocycles. The summed E-state index contributed by atoms with van der Waals surface area (Å²) in [5.41, 5.74) is 7.95. The van der Waals surface area contributed by atoms with Crippen molar-refractivity contribution in [3.05, 3.63) is 47.9 Å². The van der Waals surface area contributed by atoms with E-state index in [1.165, 1.54) is 19.7 Å². The van der Waals surface area contributed by atoms with E-state index in [0.29, 0.717) is 11.3 Å². The predicted octanol–water partition coefficient (Wildman–Crippen LogP) is 2.69. The first-order valence-electron chi connectivity index (χ1n) is 6.90. The zero-order chi connectivity index (χ0) is 16.2. The number of ether oxygens (including phenoxy) is 1. The van der Waals surface area contributed by atoms with E-state index < -0.39 is 0 Å². The number of oxime groups is 1. The van der Waals surface area contributed by atoms with Crippen LogP contribution in [0.1, 0.15) is 11.3 Å². The summed E-state index contributed by atoms with van der Waals surface area (Å²) in [6.07, 6.45) is 2.74. The Bertz CT molecular complexity index is 879. The molecule has 0 saturated heterocycles. The van der Waals surface area contributed by atoms with E-state index in [1.807, 2.05) is 37.3 Å². The van der Waals surface area contributed by atoms with Gasteiger partial charge in [0.2, 0.25) is 5.88 Å². The molecule has 2 N–H and O–H groups in total. The molecule has 0 saturated carbocycles. The fourth-order valence-corrected chi connectivity index (χ4v) is 2.10. The minimum atomic E-state index is 0.250. The Balaban J connectivity index is 2.08. The molecule has 2 heterocycles. The van der Waals surface area contributed by atoms with Crippen LogP contribution < -0.4 is 10.5 Å². The normalized spacial score (nSPS) is 11.0. The van der Waals surface area contributed by atoms with Gasteiger partial charge >= 0.3 is 0 Å². The van der Waals surface area contributed by atoms with Gasteiger partial charge in [0.1, 0.15) is 30.3 Å². The standard InChI is InChI=1S/C16H15N5O2/c1-10-6-7-11-4-3-5-13(14(11)21-10)23-16-12(8-20-22-2)15(17)18-9-19-16/h3-9H,1-2H3,(H2,17,18,19). The molecule has 0 radical (unpaired) electrons. The number of nitrogens with zero attached hydrogens (tertiary/aromatic N) is 4. The van der Waals surface area contributed by atoms with E-state index in [0.717, 1.165) is 16.6 Å². The van der Waals surface area contributed by atoms with Crippen LogP contribution in [0.5, 0.6) is 11.6 Å². The second-order valence-electron chi connectivity index (χ2n) is 4.78. The highest BCUT2D eigenvalue weighted by molar-refractivity contribution is 5.89. The smallest absolute Gasteiger partial charge is 0.233 e. The van der Waals surface area contributed by atoms with E-state index in [2.05, 4.69) is 24.9 Å². The van der Waals surface area contributed by atoms with Gasteiger partial charge < -0.3 is 15.3 Å². The van der Waals surface area contributed by atoms with E-state index in [-0.39, 0.29) is 11.7 Å². The summed E-state index contributed by atoms with van der Waals surface area (Å²) in [6.45, 7) is 1.93. The molecule has 0 atom stereocenters. The third-order valence-electron chi connectivity index (χ3n) is 3.19. The first-order chi connectivity index (χ1) is 11.2. The van der Waals surface area contributed by atoms with Gasteiger partial charge in [-0.05, 0) is 19.1 Å². The molecule has 0 spiro atoms. The van der Waals surface area contributed by atoms with Crippen molar-refractivity contribution in [3.63, 3.8) is 0 Å². The number of rotatable bonds is 4. The average Bonchev–Trinajstić information content (AvgIpc) is 2.55. The van der Waals surface area contributed by atoms with Crippen LogP contribution in [0.25, 0.3) is 10.9 Å². The number of hydrogen-bond acceptors (Lipinski definition) is 7. The van der Waals surface area contributed by atoms with Gasteiger partial charge in [-0.1, -0.05) is 23.4 Å².